The molecule has 1 aromatic rings. The fourth-order valence-electron chi connectivity index (χ4n) is 6.88. The van der Waals surface area contributed by atoms with E-state index in [1.807, 2.05) is 19.2 Å². The van der Waals surface area contributed by atoms with Gasteiger partial charge in [0.2, 0.25) is 11.8 Å². The highest BCUT2D eigenvalue weighted by molar-refractivity contribution is 5.90. The molecule has 3 N–H and O–H groups in total. The second kappa shape index (κ2) is 10.3. The van der Waals surface area contributed by atoms with Crippen LogP contribution >= 0.6 is 0 Å². The lowest BCUT2D eigenvalue weighted by molar-refractivity contribution is -0.176. The molecule has 222 valence electrons. The Kier molecular flexibility index (Phi) is 7.27. The second-order valence-corrected chi connectivity index (χ2v) is 11.4. The maximum absolute atomic E-state index is 13.1. The first-order valence-corrected chi connectivity index (χ1v) is 13.8. The van der Waals surface area contributed by atoms with E-state index in [0.29, 0.717) is 24.3 Å². The van der Waals surface area contributed by atoms with Gasteiger partial charge in [-0.3, -0.25) is 9.59 Å². The fraction of sp³-hybridized carbons (Fsp3) is 0.586. The van der Waals surface area contributed by atoms with Gasteiger partial charge in [-0.25, -0.2) is 9.59 Å². The van der Waals surface area contributed by atoms with Crippen molar-refractivity contribution in [3.63, 3.8) is 0 Å². The van der Waals surface area contributed by atoms with E-state index in [0.717, 1.165) is 17.7 Å². The summed E-state index contributed by atoms with van der Waals surface area (Å²) >= 11 is 0. The van der Waals surface area contributed by atoms with Crippen molar-refractivity contribution in [3.8, 4) is 11.5 Å². The van der Waals surface area contributed by atoms with Gasteiger partial charge in [-0.2, -0.15) is 0 Å². The highest BCUT2D eigenvalue weighted by Gasteiger charge is 2.72. The van der Waals surface area contributed by atoms with E-state index in [9.17, 15) is 24.3 Å². The summed E-state index contributed by atoms with van der Waals surface area (Å²) in [5, 5.41) is 17.2. The summed E-state index contributed by atoms with van der Waals surface area (Å²) in [6.07, 6.45) is 1.12. The van der Waals surface area contributed by atoms with Crippen LogP contribution in [0.2, 0.25) is 0 Å². The monoisotopic (exact) mass is 571 g/mol. The summed E-state index contributed by atoms with van der Waals surface area (Å²) in [7, 11) is 3.57. The van der Waals surface area contributed by atoms with Gasteiger partial charge in [-0.1, -0.05) is 6.07 Å². The number of nitrogens with zero attached hydrogens (tertiary/aromatic N) is 1. The van der Waals surface area contributed by atoms with Crippen molar-refractivity contribution < 1.29 is 43.2 Å². The minimum atomic E-state index is -1.29. The molecule has 1 saturated heterocycles. The van der Waals surface area contributed by atoms with Crippen LogP contribution in [-0.4, -0.2) is 90.4 Å². The van der Waals surface area contributed by atoms with Crippen LogP contribution in [0.25, 0.3) is 0 Å². The van der Waals surface area contributed by atoms with Gasteiger partial charge in [0.1, 0.15) is 17.8 Å². The number of methoxy groups -OCH3 is 1. The Morgan fingerprint density at radius 1 is 1.12 bits per heavy atom. The number of likely N-dealkylation sites (tertiary alicyclic amines) is 1. The number of piperidine rings is 1. The Balaban J connectivity index is 1.33. The smallest absolute Gasteiger partial charge is 0.352 e. The molecule has 41 heavy (non-hydrogen) atoms. The van der Waals surface area contributed by atoms with Crippen LogP contribution in [0.1, 0.15) is 51.7 Å². The zero-order valence-corrected chi connectivity index (χ0v) is 24.1. The summed E-state index contributed by atoms with van der Waals surface area (Å²) in [5.41, 5.74) is -0.00298. The number of hydrogen-bond donors (Lipinski definition) is 3. The summed E-state index contributed by atoms with van der Waals surface area (Å²) in [6, 6.07) is 1.80. The Morgan fingerprint density at radius 3 is 2.54 bits per heavy atom. The molecule has 2 bridgehead atoms. The molecule has 2 amide bonds. The number of benzene rings is 1. The third-order valence-corrected chi connectivity index (χ3v) is 8.93. The lowest BCUT2D eigenvalue weighted by Gasteiger charge is -2.61. The molecule has 12 nitrogen and oxygen atoms in total. The first-order valence-electron chi connectivity index (χ1n) is 13.8. The topological polar surface area (TPSA) is 153 Å². The molecule has 4 aliphatic rings. The van der Waals surface area contributed by atoms with Gasteiger partial charge in [-0.15, -0.1) is 0 Å². The maximum atomic E-state index is 13.1. The molecule has 0 unspecified atom stereocenters. The summed E-state index contributed by atoms with van der Waals surface area (Å²) < 4.78 is 23.2. The molecule has 0 saturated carbocycles. The molecule has 2 heterocycles. The van der Waals surface area contributed by atoms with Crippen LogP contribution in [-0.2, 0) is 40.5 Å². The SMILES string of the molecule is COc1ccc2c3c1O[C@@H]1C(OC(=O)[C@H](C)OC(=O)[C@H](C)NC(=O)[C@H](C)NC(C)=O)=CC[C@]4(O)[C@H](C2)N(C)CC[C@@]314. The largest absolute Gasteiger partial charge is 0.493 e. The molecule has 0 radical (unpaired) electrons. The average Bonchev–Trinajstić information content (AvgIpc) is 3.27. The molecule has 12 heteroatoms. The van der Waals surface area contributed by atoms with Crippen LogP contribution < -0.4 is 20.1 Å². The van der Waals surface area contributed by atoms with Crippen molar-refractivity contribution in [2.24, 2.45) is 0 Å². The molecule has 2 aliphatic carbocycles. The van der Waals surface area contributed by atoms with E-state index in [-0.39, 0.29) is 24.1 Å². The van der Waals surface area contributed by atoms with E-state index in [1.54, 1.807) is 13.2 Å². The van der Waals surface area contributed by atoms with Gasteiger partial charge in [0, 0.05) is 24.9 Å². The molecule has 1 spiro atoms. The van der Waals surface area contributed by atoms with Gasteiger partial charge in [0.15, 0.2) is 23.7 Å². The quantitative estimate of drug-likeness (QED) is 0.376. The number of nitrogens with one attached hydrogen (secondary N) is 2. The molecular weight excluding hydrogens is 534 g/mol. The summed E-state index contributed by atoms with van der Waals surface area (Å²) in [5.74, 6) is -1.27. The predicted molar refractivity (Wildman–Crippen MR) is 144 cm³/mol. The van der Waals surface area contributed by atoms with Crippen molar-refractivity contribution in [3.05, 3.63) is 35.1 Å². The Labute approximate surface area is 238 Å². The molecule has 1 fully saturated rings. The number of likely N-dealkylation sites (N-methyl/N-ethyl adjacent to an activating group) is 1. The highest BCUT2D eigenvalue weighted by atomic mass is 16.6. The van der Waals surface area contributed by atoms with Gasteiger partial charge in [0.25, 0.3) is 0 Å². The highest BCUT2D eigenvalue weighted by Crippen LogP contribution is 2.65. The second-order valence-electron chi connectivity index (χ2n) is 11.4. The van der Waals surface area contributed by atoms with E-state index < -0.39 is 53.2 Å². The summed E-state index contributed by atoms with van der Waals surface area (Å²) in [6.45, 7) is 6.28. The number of aliphatic hydroxyl groups is 1. The molecule has 0 aromatic heterocycles. The van der Waals surface area contributed by atoms with Crippen LogP contribution in [0.15, 0.2) is 24.0 Å². The van der Waals surface area contributed by atoms with Crippen molar-refractivity contribution in [1.29, 1.82) is 0 Å². The molecule has 1 aromatic carbocycles. The summed E-state index contributed by atoms with van der Waals surface area (Å²) in [4.78, 5) is 51.3. The maximum Gasteiger partial charge on any atom is 0.352 e. The Bertz CT molecular complexity index is 1330. The van der Waals surface area contributed by atoms with Crippen LogP contribution in [0, 0.1) is 0 Å². The predicted octanol–water partition coefficient (Wildman–Crippen LogP) is 0.477. The van der Waals surface area contributed by atoms with Gasteiger partial charge in [0.05, 0.1) is 18.1 Å². The van der Waals surface area contributed by atoms with E-state index in [1.165, 1.54) is 27.7 Å². The zero-order valence-electron chi connectivity index (χ0n) is 24.1. The average molecular weight is 572 g/mol. The van der Waals surface area contributed by atoms with Crippen molar-refractivity contribution in [1.82, 2.24) is 15.5 Å². The van der Waals surface area contributed by atoms with Crippen LogP contribution in [0.3, 0.4) is 0 Å². The number of esters is 2. The zero-order chi connectivity index (χ0) is 29.9. The fourth-order valence-corrected chi connectivity index (χ4v) is 6.88. The van der Waals surface area contributed by atoms with E-state index >= 15 is 0 Å². The van der Waals surface area contributed by atoms with Crippen molar-refractivity contribution in [2.45, 2.75) is 88.3 Å². The normalized spacial score (nSPS) is 29.5. The third kappa shape index (κ3) is 4.44. The lowest BCUT2D eigenvalue weighted by atomic mass is 9.50. The van der Waals surface area contributed by atoms with Gasteiger partial charge < -0.3 is 39.6 Å². The van der Waals surface area contributed by atoms with Crippen molar-refractivity contribution >= 4 is 23.8 Å². The van der Waals surface area contributed by atoms with E-state index in [2.05, 4.69) is 15.5 Å². The number of ether oxygens (including phenoxy) is 4. The minimum absolute atomic E-state index is 0.146. The number of carbonyl (C=O) groups is 4. The molecule has 7 atom stereocenters. The van der Waals surface area contributed by atoms with Crippen LogP contribution in [0.5, 0.6) is 11.5 Å². The Hall–Kier alpha value is -3.64. The Morgan fingerprint density at radius 2 is 1.85 bits per heavy atom. The minimum Gasteiger partial charge on any atom is -0.493 e. The third-order valence-electron chi connectivity index (χ3n) is 8.93. The number of hydrogen-bond acceptors (Lipinski definition) is 10. The number of carbonyl (C=O) groups excluding carboxylic acids is 4. The first kappa shape index (κ1) is 28.9. The van der Waals surface area contributed by atoms with Crippen molar-refractivity contribution in [2.75, 3.05) is 20.7 Å². The molecule has 5 rings (SSSR count). The van der Waals surface area contributed by atoms with Gasteiger partial charge in [-0.05, 0) is 64.9 Å². The first-order chi connectivity index (χ1) is 19.3. The molecular formula is C29H37N3O9. The van der Waals surface area contributed by atoms with E-state index in [4.69, 9.17) is 18.9 Å². The standard InChI is InChI=1S/C29H37N3O9/c1-14(30-17(4)33)25(34)31-15(2)26(35)39-16(3)27(36)40-20-9-10-29(37)21-13-18-7-8-19(38-6)23-22(18)28(29,24(20)41-23)11-12-32(21)5/h7-9,14-16,21,24,37H,10-13H2,1-6H3,(H,30,33)(H,31,34)/t14-,15-,16-,21-,24+,28+,29-/m0/s1. The number of amides is 2. The molecule has 2 aliphatic heterocycles. The number of rotatable bonds is 8. The lowest BCUT2D eigenvalue weighted by Crippen LogP contribution is -2.74. The van der Waals surface area contributed by atoms with Crippen LogP contribution in [0.4, 0.5) is 0 Å². The van der Waals surface area contributed by atoms with Gasteiger partial charge >= 0.3 is 11.9 Å².